The van der Waals surface area contributed by atoms with Gasteiger partial charge in [-0.3, -0.25) is 14.5 Å². The van der Waals surface area contributed by atoms with Crippen molar-refractivity contribution in [2.45, 2.75) is 19.3 Å². The number of halogens is 2. The molecular formula is C16H21Cl2N3O2. The zero-order valence-electron chi connectivity index (χ0n) is 13.1. The van der Waals surface area contributed by atoms with Crippen LogP contribution in [0.25, 0.3) is 0 Å². The first-order chi connectivity index (χ1) is 11.0. The number of hydrogen-bond acceptors (Lipinski definition) is 3. The Bertz CT molecular complexity index is 574. The van der Waals surface area contributed by atoms with Gasteiger partial charge in [0, 0.05) is 12.7 Å². The van der Waals surface area contributed by atoms with E-state index >= 15 is 0 Å². The molecule has 5 nitrogen and oxygen atoms in total. The van der Waals surface area contributed by atoms with E-state index in [1.807, 2.05) is 0 Å². The minimum atomic E-state index is -0.266. The number of likely N-dealkylation sites (tertiary alicyclic amines) is 1. The van der Waals surface area contributed by atoms with Crippen molar-refractivity contribution in [1.82, 2.24) is 9.80 Å². The summed E-state index contributed by atoms with van der Waals surface area (Å²) < 4.78 is 0. The number of rotatable bonds is 5. The van der Waals surface area contributed by atoms with E-state index in [2.05, 4.69) is 10.2 Å². The van der Waals surface area contributed by atoms with Gasteiger partial charge >= 0.3 is 0 Å². The highest BCUT2D eigenvalue weighted by atomic mass is 35.5. The second-order valence-corrected chi connectivity index (χ2v) is 6.58. The van der Waals surface area contributed by atoms with Gasteiger partial charge in [0.1, 0.15) is 0 Å². The van der Waals surface area contributed by atoms with Crippen molar-refractivity contribution in [2.24, 2.45) is 0 Å². The van der Waals surface area contributed by atoms with Gasteiger partial charge in [0.05, 0.1) is 23.1 Å². The van der Waals surface area contributed by atoms with Gasteiger partial charge in [0.25, 0.3) is 0 Å². The normalized spacial score (nSPS) is 15.3. The van der Waals surface area contributed by atoms with Crippen molar-refractivity contribution in [3.63, 3.8) is 0 Å². The number of carbonyl (C=O) groups is 2. The van der Waals surface area contributed by atoms with Crippen LogP contribution in [0.4, 0.5) is 5.69 Å². The van der Waals surface area contributed by atoms with E-state index in [0.29, 0.717) is 22.3 Å². The van der Waals surface area contributed by atoms with Crippen LogP contribution in [-0.4, -0.2) is 54.8 Å². The van der Waals surface area contributed by atoms with E-state index in [0.717, 1.165) is 25.9 Å². The van der Waals surface area contributed by atoms with E-state index in [9.17, 15) is 9.59 Å². The molecule has 1 aromatic carbocycles. The standard InChI is InChI=1S/C16H21Cl2N3O2/c1-20(16(23)11-21-7-3-2-4-8-21)10-15(22)19-12-5-6-13(17)14(18)9-12/h5-6,9H,2-4,7-8,10-11H2,1H3,(H,19,22). The maximum absolute atomic E-state index is 12.2. The number of nitrogens with zero attached hydrogens (tertiary/aromatic N) is 2. The molecule has 0 aromatic heterocycles. The highest BCUT2D eigenvalue weighted by Gasteiger charge is 2.18. The van der Waals surface area contributed by atoms with Gasteiger partial charge in [-0.1, -0.05) is 29.6 Å². The number of anilines is 1. The molecule has 126 valence electrons. The molecule has 1 aliphatic heterocycles. The van der Waals surface area contributed by atoms with Gasteiger partial charge < -0.3 is 10.2 Å². The fourth-order valence-corrected chi connectivity index (χ4v) is 2.81. The Morgan fingerprint density at radius 2 is 1.87 bits per heavy atom. The van der Waals surface area contributed by atoms with Crippen LogP contribution in [-0.2, 0) is 9.59 Å². The summed E-state index contributed by atoms with van der Waals surface area (Å²) in [6, 6.07) is 4.86. The Kier molecular flexibility index (Phi) is 6.69. The fraction of sp³-hybridized carbons (Fsp3) is 0.500. The van der Waals surface area contributed by atoms with Crippen LogP contribution in [0.3, 0.4) is 0 Å². The van der Waals surface area contributed by atoms with Crippen molar-refractivity contribution in [3.8, 4) is 0 Å². The summed E-state index contributed by atoms with van der Waals surface area (Å²) in [7, 11) is 1.64. The minimum absolute atomic E-state index is 0.00686. The number of hydrogen-bond donors (Lipinski definition) is 1. The third-order valence-electron chi connectivity index (χ3n) is 3.82. The average molecular weight is 358 g/mol. The molecule has 1 fully saturated rings. The highest BCUT2D eigenvalue weighted by molar-refractivity contribution is 6.42. The largest absolute Gasteiger partial charge is 0.335 e. The third-order valence-corrected chi connectivity index (χ3v) is 4.56. The number of amides is 2. The molecule has 1 aliphatic rings. The smallest absolute Gasteiger partial charge is 0.243 e. The molecule has 1 heterocycles. The summed E-state index contributed by atoms with van der Waals surface area (Å²) in [6.07, 6.45) is 3.50. The van der Waals surface area contributed by atoms with Crippen molar-refractivity contribution >= 4 is 40.7 Å². The second kappa shape index (κ2) is 8.52. The maximum atomic E-state index is 12.2. The van der Waals surface area contributed by atoms with Crippen molar-refractivity contribution in [1.29, 1.82) is 0 Å². The Morgan fingerprint density at radius 3 is 2.52 bits per heavy atom. The molecule has 2 rings (SSSR count). The van der Waals surface area contributed by atoms with Gasteiger partial charge in [0.2, 0.25) is 11.8 Å². The first kappa shape index (κ1) is 18.0. The molecule has 0 bridgehead atoms. The molecule has 23 heavy (non-hydrogen) atoms. The van der Waals surface area contributed by atoms with Crippen LogP contribution in [0.1, 0.15) is 19.3 Å². The van der Waals surface area contributed by atoms with Crippen molar-refractivity contribution in [2.75, 3.05) is 38.5 Å². The Hall–Kier alpha value is -1.30. The van der Waals surface area contributed by atoms with Gasteiger partial charge in [-0.05, 0) is 44.1 Å². The topological polar surface area (TPSA) is 52.7 Å². The van der Waals surface area contributed by atoms with Crippen LogP contribution in [0.15, 0.2) is 18.2 Å². The van der Waals surface area contributed by atoms with E-state index in [4.69, 9.17) is 23.2 Å². The van der Waals surface area contributed by atoms with Crippen molar-refractivity contribution < 1.29 is 9.59 Å². The summed E-state index contributed by atoms with van der Waals surface area (Å²) in [4.78, 5) is 27.8. The van der Waals surface area contributed by atoms with Crippen LogP contribution in [0.2, 0.25) is 10.0 Å². The Labute approximate surface area is 146 Å². The highest BCUT2D eigenvalue weighted by Crippen LogP contribution is 2.24. The second-order valence-electron chi connectivity index (χ2n) is 5.76. The molecule has 1 N–H and O–H groups in total. The summed E-state index contributed by atoms with van der Waals surface area (Å²) in [6.45, 7) is 2.29. The first-order valence-electron chi connectivity index (χ1n) is 7.67. The van der Waals surface area contributed by atoms with Gasteiger partial charge in [-0.25, -0.2) is 0 Å². The molecule has 0 spiro atoms. The monoisotopic (exact) mass is 357 g/mol. The Morgan fingerprint density at radius 1 is 1.17 bits per heavy atom. The summed E-state index contributed by atoms with van der Waals surface area (Å²) >= 11 is 11.7. The molecule has 2 amide bonds. The molecular weight excluding hydrogens is 337 g/mol. The Balaban J connectivity index is 1.81. The minimum Gasteiger partial charge on any atom is -0.335 e. The summed E-state index contributed by atoms with van der Waals surface area (Å²) in [5.41, 5.74) is 0.557. The number of likely N-dealkylation sites (N-methyl/N-ethyl adjacent to an activating group) is 1. The average Bonchev–Trinajstić information content (AvgIpc) is 2.51. The molecule has 0 aliphatic carbocycles. The fourth-order valence-electron chi connectivity index (χ4n) is 2.51. The third kappa shape index (κ3) is 5.68. The van der Waals surface area contributed by atoms with Crippen LogP contribution in [0, 0.1) is 0 Å². The lowest BCUT2D eigenvalue weighted by atomic mass is 10.1. The molecule has 1 aromatic rings. The van der Waals surface area contributed by atoms with Crippen molar-refractivity contribution in [3.05, 3.63) is 28.2 Å². The predicted octanol–water partition coefficient (Wildman–Crippen LogP) is 2.88. The molecule has 0 atom stereocenters. The lowest BCUT2D eigenvalue weighted by Gasteiger charge is -2.27. The molecule has 0 radical (unpaired) electrons. The van der Waals surface area contributed by atoms with E-state index in [1.165, 1.54) is 11.3 Å². The number of piperidine rings is 1. The molecule has 7 heteroatoms. The van der Waals surface area contributed by atoms with Gasteiger partial charge in [-0.15, -0.1) is 0 Å². The van der Waals surface area contributed by atoms with Gasteiger partial charge in [0.15, 0.2) is 0 Å². The summed E-state index contributed by atoms with van der Waals surface area (Å²) in [5, 5.41) is 3.51. The lowest BCUT2D eigenvalue weighted by molar-refractivity contribution is -0.134. The number of nitrogens with one attached hydrogen (secondary N) is 1. The molecule has 0 unspecified atom stereocenters. The van der Waals surface area contributed by atoms with E-state index in [-0.39, 0.29) is 18.4 Å². The first-order valence-corrected chi connectivity index (χ1v) is 8.42. The predicted molar refractivity (Wildman–Crippen MR) is 93.0 cm³/mol. The maximum Gasteiger partial charge on any atom is 0.243 e. The summed E-state index contributed by atoms with van der Waals surface area (Å²) in [5.74, 6) is -0.311. The van der Waals surface area contributed by atoms with Crippen LogP contribution >= 0.6 is 23.2 Å². The van der Waals surface area contributed by atoms with Crippen LogP contribution in [0.5, 0.6) is 0 Å². The van der Waals surface area contributed by atoms with E-state index in [1.54, 1.807) is 25.2 Å². The van der Waals surface area contributed by atoms with E-state index < -0.39 is 0 Å². The SMILES string of the molecule is CN(CC(=O)Nc1ccc(Cl)c(Cl)c1)C(=O)CN1CCCCC1. The zero-order chi connectivity index (χ0) is 16.8. The number of benzene rings is 1. The number of carbonyl (C=O) groups excluding carboxylic acids is 2. The lowest BCUT2D eigenvalue weighted by Crippen LogP contribution is -2.43. The quantitative estimate of drug-likeness (QED) is 0.881. The van der Waals surface area contributed by atoms with Gasteiger partial charge in [-0.2, -0.15) is 0 Å². The molecule has 0 saturated carbocycles. The molecule has 1 saturated heterocycles. The zero-order valence-corrected chi connectivity index (χ0v) is 14.7. The van der Waals surface area contributed by atoms with Crippen LogP contribution < -0.4 is 5.32 Å².